The third-order valence-corrected chi connectivity index (χ3v) is 5.17. The van der Waals surface area contributed by atoms with Gasteiger partial charge in [-0.1, -0.05) is 0 Å². The molecule has 1 atom stereocenters. The van der Waals surface area contributed by atoms with Gasteiger partial charge in [0, 0.05) is 26.2 Å². The van der Waals surface area contributed by atoms with Gasteiger partial charge in [-0.2, -0.15) is 5.10 Å². The number of nitrogens with zero attached hydrogens (tertiary/aromatic N) is 2. The van der Waals surface area contributed by atoms with Crippen molar-refractivity contribution >= 4 is 28.9 Å². The standard InChI is InChI=1S/C20H28N4O3S/c1-15(22-23-20(28)21-13-18-5-4-12-26-18)16-6-8-17(9-7-16)27-14-19(25)24-10-2-3-11-24/h6-9,18H,2-5,10-14H2,1H3,(H2,21,23,28)/b22-15-. The van der Waals surface area contributed by atoms with Crippen LogP contribution in [0.15, 0.2) is 29.4 Å². The van der Waals surface area contributed by atoms with Gasteiger partial charge in [0.2, 0.25) is 0 Å². The molecule has 0 aliphatic carbocycles. The summed E-state index contributed by atoms with van der Waals surface area (Å²) in [5, 5.41) is 7.92. The summed E-state index contributed by atoms with van der Waals surface area (Å²) < 4.78 is 11.2. The molecular weight excluding hydrogens is 376 g/mol. The minimum Gasteiger partial charge on any atom is -0.484 e. The van der Waals surface area contributed by atoms with Crippen molar-refractivity contribution in [1.82, 2.24) is 15.6 Å². The van der Waals surface area contributed by atoms with Crippen molar-refractivity contribution in [3.63, 3.8) is 0 Å². The van der Waals surface area contributed by atoms with Gasteiger partial charge in [-0.15, -0.1) is 0 Å². The molecular formula is C20H28N4O3S. The summed E-state index contributed by atoms with van der Waals surface area (Å²) in [6.45, 7) is 5.20. The molecule has 1 amide bonds. The second-order valence-electron chi connectivity index (χ2n) is 7.06. The average Bonchev–Trinajstić information content (AvgIpc) is 3.43. The highest BCUT2D eigenvalue weighted by atomic mass is 32.1. The third kappa shape index (κ3) is 6.17. The summed E-state index contributed by atoms with van der Waals surface area (Å²) in [4.78, 5) is 13.9. The van der Waals surface area contributed by atoms with Gasteiger partial charge in [0.1, 0.15) is 5.75 Å². The Morgan fingerprint density at radius 3 is 2.71 bits per heavy atom. The predicted molar refractivity (Wildman–Crippen MR) is 113 cm³/mol. The van der Waals surface area contributed by atoms with E-state index in [0.717, 1.165) is 56.7 Å². The highest BCUT2D eigenvalue weighted by Gasteiger charge is 2.18. The van der Waals surface area contributed by atoms with Gasteiger partial charge < -0.3 is 19.7 Å². The summed E-state index contributed by atoms with van der Waals surface area (Å²) >= 11 is 5.24. The molecule has 2 N–H and O–H groups in total. The Labute approximate surface area is 171 Å². The second kappa shape index (κ2) is 10.4. The fraction of sp³-hybridized carbons (Fsp3) is 0.550. The Hall–Kier alpha value is -2.19. The Balaban J connectivity index is 1.41. The van der Waals surface area contributed by atoms with Crippen LogP contribution in [-0.4, -0.2) is 60.6 Å². The van der Waals surface area contributed by atoms with Crippen molar-refractivity contribution in [3.05, 3.63) is 29.8 Å². The van der Waals surface area contributed by atoms with E-state index < -0.39 is 0 Å². The first-order valence-electron chi connectivity index (χ1n) is 9.82. The zero-order valence-electron chi connectivity index (χ0n) is 16.3. The number of carbonyl (C=O) groups excluding carboxylic acids is 1. The van der Waals surface area contributed by atoms with Crippen LogP contribution in [0, 0.1) is 0 Å². The smallest absolute Gasteiger partial charge is 0.260 e. The number of thiocarbonyl (C=S) groups is 1. The van der Waals surface area contributed by atoms with Crippen LogP contribution >= 0.6 is 12.2 Å². The van der Waals surface area contributed by atoms with Crippen molar-refractivity contribution in [1.29, 1.82) is 0 Å². The number of hydrogen-bond donors (Lipinski definition) is 2. The lowest BCUT2D eigenvalue weighted by atomic mass is 10.1. The van der Waals surface area contributed by atoms with E-state index in [0.29, 0.717) is 17.4 Å². The number of nitrogens with one attached hydrogen (secondary N) is 2. The van der Waals surface area contributed by atoms with Crippen LogP contribution in [0.2, 0.25) is 0 Å². The minimum atomic E-state index is 0.0486. The fourth-order valence-corrected chi connectivity index (χ4v) is 3.37. The monoisotopic (exact) mass is 404 g/mol. The maximum atomic E-state index is 12.0. The largest absolute Gasteiger partial charge is 0.484 e. The molecule has 1 aromatic carbocycles. The molecule has 3 rings (SSSR count). The molecule has 0 aromatic heterocycles. The van der Waals surface area contributed by atoms with Crippen LogP contribution in [0.5, 0.6) is 5.75 Å². The average molecular weight is 405 g/mol. The van der Waals surface area contributed by atoms with Gasteiger partial charge in [-0.25, -0.2) is 0 Å². The molecule has 1 unspecified atom stereocenters. The molecule has 2 aliphatic heterocycles. The highest BCUT2D eigenvalue weighted by molar-refractivity contribution is 7.80. The summed E-state index contributed by atoms with van der Waals surface area (Å²) in [6.07, 6.45) is 4.57. The van der Waals surface area contributed by atoms with E-state index in [9.17, 15) is 4.79 Å². The van der Waals surface area contributed by atoms with Crippen LogP contribution in [-0.2, 0) is 9.53 Å². The van der Waals surface area contributed by atoms with Crippen molar-refractivity contribution in [2.24, 2.45) is 5.10 Å². The van der Waals surface area contributed by atoms with Crippen molar-refractivity contribution in [3.8, 4) is 5.75 Å². The van der Waals surface area contributed by atoms with E-state index in [1.54, 1.807) is 0 Å². The fourth-order valence-electron chi connectivity index (χ4n) is 3.25. The van der Waals surface area contributed by atoms with E-state index in [4.69, 9.17) is 21.7 Å². The molecule has 7 nitrogen and oxygen atoms in total. The van der Waals surface area contributed by atoms with Crippen LogP contribution in [0.25, 0.3) is 0 Å². The first kappa shape index (κ1) is 20.5. The lowest BCUT2D eigenvalue weighted by molar-refractivity contribution is -0.132. The first-order chi connectivity index (χ1) is 13.6. The number of amides is 1. The van der Waals surface area contributed by atoms with E-state index >= 15 is 0 Å². The molecule has 8 heteroatoms. The van der Waals surface area contributed by atoms with Gasteiger partial charge in [0.25, 0.3) is 5.91 Å². The predicted octanol–water partition coefficient (Wildman–Crippen LogP) is 2.05. The number of carbonyl (C=O) groups is 1. The molecule has 28 heavy (non-hydrogen) atoms. The summed E-state index contributed by atoms with van der Waals surface area (Å²) in [5.74, 6) is 0.721. The van der Waals surface area contributed by atoms with Gasteiger partial charge in [0.15, 0.2) is 11.7 Å². The molecule has 2 fully saturated rings. The van der Waals surface area contributed by atoms with Crippen molar-refractivity contribution < 1.29 is 14.3 Å². The SMILES string of the molecule is C/C(=N/NC(=S)NCC1CCCO1)c1ccc(OCC(=O)N2CCCC2)cc1. The molecule has 2 heterocycles. The zero-order valence-corrected chi connectivity index (χ0v) is 17.1. The Bertz CT molecular complexity index is 696. The second-order valence-corrected chi connectivity index (χ2v) is 7.46. The number of ether oxygens (including phenoxy) is 2. The molecule has 152 valence electrons. The number of benzene rings is 1. The quantitative estimate of drug-likeness (QED) is 0.412. The van der Waals surface area contributed by atoms with Gasteiger partial charge >= 0.3 is 0 Å². The lowest BCUT2D eigenvalue weighted by Crippen LogP contribution is -2.37. The van der Waals surface area contributed by atoms with Crippen LogP contribution < -0.4 is 15.5 Å². The lowest BCUT2D eigenvalue weighted by Gasteiger charge is -2.15. The number of hydrogen-bond acceptors (Lipinski definition) is 5. The minimum absolute atomic E-state index is 0.0486. The van der Waals surface area contributed by atoms with Crippen LogP contribution in [0.4, 0.5) is 0 Å². The first-order valence-corrected chi connectivity index (χ1v) is 10.2. The van der Waals surface area contributed by atoms with E-state index in [1.165, 1.54) is 0 Å². The van der Waals surface area contributed by atoms with Crippen LogP contribution in [0.1, 0.15) is 38.2 Å². The number of likely N-dealkylation sites (tertiary alicyclic amines) is 1. The van der Waals surface area contributed by atoms with E-state index in [2.05, 4.69) is 15.8 Å². The Kier molecular flexibility index (Phi) is 7.62. The van der Waals surface area contributed by atoms with Gasteiger partial charge in [-0.05, 0) is 74.7 Å². The third-order valence-electron chi connectivity index (χ3n) is 4.93. The maximum Gasteiger partial charge on any atom is 0.260 e. The summed E-state index contributed by atoms with van der Waals surface area (Å²) in [5.41, 5.74) is 4.62. The summed E-state index contributed by atoms with van der Waals surface area (Å²) in [7, 11) is 0. The highest BCUT2D eigenvalue weighted by Crippen LogP contribution is 2.14. The topological polar surface area (TPSA) is 75.2 Å². The molecule has 0 bridgehead atoms. The Morgan fingerprint density at radius 1 is 1.29 bits per heavy atom. The summed E-state index contributed by atoms with van der Waals surface area (Å²) in [6, 6.07) is 7.53. The molecule has 0 radical (unpaired) electrons. The van der Waals surface area contributed by atoms with E-state index in [1.807, 2.05) is 36.1 Å². The number of rotatable bonds is 7. The zero-order chi connectivity index (χ0) is 19.8. The normalized spacial score (nSPS) is 19.5. The van der Waals surface area contributed by atoms with Gasteiger partial charge in [-0.3, -0.25) is 10.2 Å². The molecule has 1 aromatic rings. The molecule has 2 aliphatic rings. The van der Waals surface area contributed by atoms with Crippen LogP contribution in [0.3, 0.4) is 0 Å². The van der Waals surface area contributed by atoms with E-state index in [-0.39, 0.29) is 18.6 Å². The Morgan fingerprint density at radius 2 is 2.04 bits per heavy atom. The maximum absolute atomic E-state index is 12.0. The van der Waals surface area contributed by atoms with Crippen molar-refractivity contribution in [2.75, 3.05) is 32.8 Å². The van der Waals surface area contributed by atoms with Crippen molar-refractivity contribution in [2.45, 2.75) is 38.7 Å². The molecule has 0 saturated carbocycles. The molecule has 2 saturated heterocycles. The number of hydrazone groups is 1. The molecule has 0 spiro atoms. The van der Waals surface area contributed by atoms with Gasteiger partial charge in [0.05, 0.1) is 11.8 Å².